The average Bonchev–Trinajstić information content (AvgIpc) is 3.00. The zero-order valence-electron chi connectivity index (χ0n) is 13.7. The normalized spacial score (nSPS) is 10.9. The van der Waals surface area contributed by atoms with Crippen molar-refractivity contribution in [3.63, 3.8) is 0 Å². The Morgan fingerprint density at radius 1 is 1.29 bits per heavy atom. The zero-order valence-corrected chi connectivity index (χ0v) is 13.7. The van der Waals surface area contributed by atoms with Gasteiger partial charge in [-0.2, -0.15) is 14.7 Å². The quantitative estimate of drug-likeness (QED) is 0.783. The van der Waals surface area contributed by atoms with Crippen LogP contribution < -0.4 is 4.74 Å². The fourth-order valence-electron chi connectivity index (χ4n) is 1.98. The van der Waals surface area contributed by atoms with Crippen LogP contribution in [0.25, 0.3) is 11.3 Å². The maximum absolute atomic E-state index is 13.9. The third-order valence-corrected chi connectivity index (χ3v) is 3.24. The van der Waals surface area contributed by atoms with Gasteiger partial charge in [0.1, 0.15) is 5.69 Å². The molecule has 0 amide bonds. The van der Waals surface area contributed by atoms with Gasteiger partial charge in [0.05, 0.1) is 13.2 Å². The number of H-pyrrole nitrogens is 1. The monoisotopic (exact) mass is 339 g/mol. The van der Waals surface area contributed by atoms with Gasteiger partial charge in [-0.3, -0.25) is 0 Å². The molecular weight excluding hydrogens is 320 g/mol. The molecule has 1 N–H and O–H groups in total. The maximum Gasteiger partial charge on any atom is 0.361 e. The van der Waals surface area contributed by atoms with Crippen LogP contribution in [0.3, 0.4) is 0 Å². The smallest absolute Gasteiger partial charge is 0.361 e. The molecule has 0 fully saturated rings. The van der Waals surface area contributed by atoms with Crippen LogP contribution in [-0.2, 0) is 4.74 Å². The summed E-state index contributed by atoms with van der Waals surface area (Å²) in [5, 5.41) is 9.83. The number of esters is 1. The molecule has 0 bridgehead atoms. The van der Waals surface area contributed by atoms with Crippen LogP contribution in [0.5, 0.6) is 5.75 Å². The number of ether oxygens (including phenoxy) is 2. The Bertz CT molecular complexity index is 717. The molecule has 0 aliphatic rings. The van der Waals surface area contributed by atoms with Crippen LogP contribution in [0.1, 0.15) is 37.7 Å². The molecule has 0 unspecified atom stereocenters. The molecule has 6 nitrogen and oxygen atoms in total. The fourth-order valence-corrected chi connectivity index (χ4v) is 1.98. The van der Waals surface area contributed by atoms with Crippen molar-refractivity contribution in [1.82, 2.24) is 15.4 Å². The largest absolute Gasteiger partial charge is 0.490 e. The summed E-state index contributed by atoms with van der Waals surface area (Å²) in [5.41, 5.74) is 0.141. The molecule has 1 aromatic heterocycles. The second kappa shape index (κ2) is 7.85. The lowest BCUT2D eigenvalue weighted by molar-refractivity contribution is 0.0520. The molecule has 0 atom stereocenters. The Labute approximate surface area is 138 Å². The Morgan fingerprint density at radius 2 is 2.04 bits per heavy atom. The molecule has 0 saturated carbocycles. The molecule has 0 spiro atoms. The van der Waals surface area contributed by atoms with Gasteiger partial charge in [0, 0.05) is 5.56 Å². The van der Waals surface area contributed by atoms with E-state index in [1.807, 2.05) is 13.8 Å². The zero-order chi connectivity index (χ0) is 17.7. The SMILES string of the molecule is CCOC(=O)c1n[nH]nc1-c1cc(F)c(F)c(OCCC(C)C)c1. The van der Waals surface area contributed by atoms with Crippen molar-refractivity contribution in [1.29, 1.82) is 0 Å². The number of carbonyl (C=O) groups excluding carboxylic acids is 1. The van der Waals surface area contributed by atoms with Crippen molar-refractivity contribution < 1.29 is 23.0 Å². The highest BCUT2D eigenvalue weighted by Gasteiger charge is 2.22. The Balaban J connectivity index is 2.33. The Kier molecular flexibility index (Phi) is 5.83. The van der Waals surface area contributed by atoms with E-state index in [-0.39, 0.29) is 35.9 Å². The van der Waals surface area contributed by atoms with Crippen molar-refractivity contribution in [3.8, 4) is 17.0 Å². The van der Waals surface area contributed by atoms with Gasteiger partial charge in [-0.15, -0.1) is 5.10 Å². The molecular formula is C16H19F2N3O3. The minimum atomic E-state index is -1.09. The molecule has 0 saturated heterocycles. The van der Waals surface area contributed by atoms with E-state index in [2.05, 4.69) is 15.4 Å². The van der Waals surface area contributed by atoms with Gasteiger partial charge in [-0.25, -0.2) is 9.18 Å². The topological polar surface area (TPSA) is 77.1 Å². The van der Waals surface area contributed by atoms with E-state index >= 15 is 0 Å². The van der Waals surface area contributed by atoms with Gasteiger partial charge in [0.25, 0.3) is 0 Å². The minimum Gasteiger partial charge on any atom is -0.490 e. The number of rotatable bonds is 7. The van der Waals surface area contributed by atoms with E-state index in [1.165, 1.54) is 6.07 Å². The van der Waals surface area contributed by atoms with Gasteiger partial charge < -0.3 is 9.47 Å². The summed E-state index contributed by atoms with van der Waals surface area (Å²) < 4.78 is 37.9. The standard InChI is InChI=1S/C16H19F2N3O3/c1-4-23-16(22)15-14(19-21-20-15)10-7-11(17)13(18)12(8-10)24-6-5-9(2)3/h7-9H,4-6H2,1-3H3,(H,19,20,21). The van der Waals surface area contributed by atoms with E-state index in [1.54, 1.807) is 6.92 Å². The van der Waals surface area contributed by atoms with Gasteiger partial charge in [0.15, 0.2) is 17.3 Å². The second-order valence-electron chi connectivity index (χ2n) is 5.54. The lowest BCUT2D eigenvalue weighted by Crippen LogP contribution is -2.07. The van der Waals surface area contributed by atoms with Crippen molar-refractivity contribution in [2.75, 3.05) is 13.2 Å². The number of halogens is 2. The summed E-state index contributed by atoms with van der Waals surface area (Å²) >= 11 is 0. The first-order chi connectivity index (χ1) is 11.4. The summed E-state index contributed by atoms with van der Waals surface area (Å²) in [4.78, 5) is 11.8. The lowest BCUT2D eigenvalue weighted by Gasteiger charge is -2.11. The number of aromatic nitrogens is 3. The molecule has 1 aromatic carbocycles. The van der Waals surface area contributed by atoms with E-state index < -0.39 is 17.6 Å². The number of nitrogens with zero attached hydrogens (tertiary/aromatic N) is 2. The minimum absolute atomic E-state index is 0.0704. The Hall–Kier alpha value is -2.51. The van der Waals surface area contributed by atoms with E-state index in [4.69, 9.17) is 9.47 Å². The summed E-state index contributed by atoms with van der Waals surface area (Å²) in [6, 6.07) is 2.23. The third kappa shape index (κ3) is 4.06. The third-order valence-electron chi connectivity index (χ3n) is 3.24. The van der Waals surface area contributed by atoms with Gasteiger partial charge in [0.2, 0.25) is 5.82 Å². The predicted molar refractivity (Wildman–Crippen MR) is 82.6 cm³/mol. The van der Waals surface area contributed by atoms with Crippen LogP contribution in [-0.4, -0.2) is 34.6 Å². The van der Waals surface area contributed by atoms with Crippen LogP contribution in [0, 0.1) is 17.6 Å². The summed E-state index contributed by atoms with van der Waals surface area (Å²) in [6.45, 7) is 6.05. The fraction of sp³-hybridized carbons (Fsp3) is 0.438. The average molecular weight is 339 g/mol. The molecule has 2 rings (SSSR count). The predicted octanol–water partition coefficient (Wildman–Crippen LogP) is 3.35. The number of nitrogens with one attached hydrogen (secondary N) is 1. The van der Waals surface area contributed by atoms with E-state index in [0.29, 0.717) is 12.3 Å². The van der Waals surface area contributed by atoms with Crippen molar-refractivity contribution in [3.05, 3.63) is 29.5 Å². The van der Waals surface area contributed by atoms with E-state index in [0.717, 1.165) is 6.07 Å². The number of carbonyl (C=O) groups is 1. The highest BCUT2D eigenvalue weighted by atomic mass is 19.2. The second-order valence-corrected chi connectivity index (χ2v) is 5.54. The summed E-state index contributed by atoms with van der Waals surface area (Å²) in [7, 11) is 0. The molecule has 2 aromatic rings. The molecule has 1 heterocycles. The molecule has 8 heteroatoms. The molecule has 0 aliphatic heterocycles. The number of hydrogen-bond acceptors (Lipinski definition) is 5. The van der Waals surface area contributed by atoms with Gasteiger partial charge in [-0.05, 0) is 31.4 Å². The number of aromatic amines is 1. The maximum atomic E-state index is 13.9. The first-order valence-corrected chi connectivity index (χ1v) is 7.64. The molecule has 24 heavy (non-hydrogen) atoms. The first-order valence-electron chi connectivity index (χ1n) is 7.64. The van der Waals surface area contributed by atoms with Crippen LogP contribution in [0.4, 0.5) is 8.78 Å². The summed E-state index contributed by atoms with van der Waals surface area (Å²) in [5.74, 6) is -2.74. The highest BCUT2D eigenvalue weighted by molar-refractivity contribution is 5.94. The lowest BCUT2D eigenvalue weighted by atomic mass is 10.1. The highest BCUT2D eigenvalue weighted by Crippen LogP contribution is 2.29. The van der Waals surface area contributed by atoms with Gasteiger partial charge >= 0.3 is 5.97 Å². The number of hydrogen-bond donors (Lipinski definition) is 1. The first kappa shape index (κ1) is 17.8. The van der Waals surface area contributed by atoms with Crippen LogP contribution in [0.2, 0.25) is 0 Å². The van der Waals surface area contributed by atoms with Crippen LogP contribution >= 0.6 is 0 Å². The van der Waals surface area contributed by atoms with Crippen molar-refractivity contribution >= 4 is 5.97 Å². The number of benzene rings is 1. The molecule has 0 radical (unpaired) electrons. The van der Waals surface area contributed by atoms with Crippen molar-refractivity contribution in [2.24, 2.45) is 5.92 Å². The molecule has 130 valence electrons. The van der Waals surface area contributed by atoms with E-state index in [9.17, 15) is 13.6 Å². The van der Waals surface area contributed by atoms with Gasteiger partial charge in [-0.1, -0.05) is 13.8 Å². The Morgan fingerprint density at radius 3 is 2.71 bits per heavy atom. The molecule has 0 aliphatic carbocycles. The van der Waals surface area contributed by atoms with Crippen molar-refractivity contribution in [2.45, 2.75) is 27.2 Å². The van der Waals surface area contributed by atoms with Crippen LogP contribution in [0.15, 0.2) is 12.1 Å². The summed E-state index contributed by atoms with van der Waals surface area (Å²) in [6.07, 6.45) is 0.698.